The van der Waals surface area contributed by atoms with Gasteiger partial charge in [-0.3, -0.25) is 4.98 Å². The molecule has 1 unspecified atom stereocenters. The quantitative estimate of drug-likeness (QED) is 0.644. The largest absolute Gasteiger partial charge is 0.488 e. The van der Waals surface area contributed by atoms with Gasteiger partial charge >= 0.3 is 0 Å². The van der Waals surface area contributed by atoms with E-state index in [9.17, 15) is 10.2 Å². The van der Waals surface area contributed by atoms with Crippen molar-refractivity contribution in [3.05, 3.63) is 35.7 Å². The molecular formula is C27H39NO3. The number of aliphatic hydroxyl groups is 2. The summed E-state index contributed by atoms with van der Waals surface area (Å²) in [6.07, 6.45) is 13.6. The summed E-state index contributed by atoms with van der Waals surface area (Å²) in [6, 6.07) is 3.83. The second-order valence-electron chi connectivity index (χ2n) is 11.3. The van der Waals surface area contributed by atoms with Crippen LogP contribution in [-0.4, -0.2) is 27.4 Å². The first kappa shape index (κ1) is 21.5. The SMILES string of the molecule is CC(Oc1cccnc1CO)[C@H]1CC[C@H]2[C@@H]3CC=C4C[C@@H](O)CC[C@]4(C)[C@H]3CC[C@]12C. The van der Waals surface area contributed by atoms with Crippen LogP contribution in [0.5, 0.6) is 5.75 Å². The Morgan fingerprint density at radius 3 is 2.81 bits per heavy atom. The van der Waals surface area contributed by atoms with E-state index in [1.165, 1.54) is 32.1 Å². The fourth-order valence-corrected chi connectivity index (χ4v) is 8.39. The van der Waals surface area contributed by atoms with Gasteiger partial charge in [0.2, 0.25) is 0 Å². The molecule has 3 fully saturated rings. The third-order valence-corrected chi connectivity index (χ3v) is 10.0. The summed E-state index contributed by atoms with van der Waals surface area (Å²) < 4.78 is 6.43. The van der Waals surface area contributed by atoms with Gasteiger partial charge in [-0.05, 0) is 99.0 Å². The molecule has 4 aliphatic carbocycles. The van der Waals surface area contributed by atoms with Crippen molar-refractivity contribution in [1.29, 1.82) is 0 Å². The summed E-state index contributed by atoms with van der Waals surface area (Å²) in [6.45, 7) is 7.18. The fraction of sp³-hybridized carbons (Fsp3) is 0.741. The molecule has 5 rings (SSSR count). The maximum Gasteiger partial charge on any atom is 0.143 e. The number of rotatable bonds is 4. The molecule has 0 spiro atoms. The lowest BCUT2D eigenvalue weighted by Crippen LogP contribution is -2.51. The molecule has 4 aliphatic rings. The minimum absolute atomic E-state index is 0.0842. The normalized spacial score (nSPS) is 42.7. The van der Waals surface area contributed by atoms with Gasteiger partial charge in [0.05, 0.1) is 18.8 Å². The standard InChI is InChI=1S/C27H39NO3/c1-17(31-25-5-4-14-28-24(25)16-29)21-8-9-22-20-7-6-18-15-19(30)10-12-26(18,2)23(20)11-13-27(21,22)3/h4-6,14,17,19-23,29-30H,7-13,15-16H2,1-3H3/t17?,19-,20-,21+,22-,23-,26-,27+/m0/s1. The first-order valence-electron chi connectivity index (χ1n) is 12.5. The van der Waals surface area contributed by atoms with Crippen LogP contribution < -0.4 is 4.74 Å². The zero-order valence-electron chi connectivity index (χ0n) is 19.4. The van der Waals surface area contributed by atoms with Gasteiger partial charge in [-0.1, -0.05) is 25.5 Å². The van der Waals surface area contributed by atoms with E-state index in [1.54, 1.807) is 11.8 Å². The van der Waals surface area contributed by atoms with Gasteiger partial charge in [0, 0.05) is 12.1 Å². The van der Waals surface area contributed by atoms with Crippen LogP contribution in [-0.2, 0) is 6.61 Å². The lowest BCUT2D eigenvalue weighted by Gasteiger charge is -2.58. The molecule has 0 amide bonds. The Bertz CT molecular complexity index is 853. The monoisotopic (exact) mass is 425 g/mol. The van der Waals surface area contributed by atoms with Crippen molar-refractivity contribution in [3.63, 3.8) is 0 Å². The van der Waals surface area contributed by atoms with Crippen molar-refractivity contribution < 1.29 is 14.9 Å². The van der Waals surface area contributed by atoms with E-state index in [2.05, 4.69) is 31.8 Å². The third kappa shape index (κ3) is 3.36. The number of hydrogen-bond donors (Lipinski definition) is 2. The second-order valence-corrected chi connectivity index (χ2v) is 11.3. The maximum atomic E-state index is 10.2. The van der Waals surface area contributed by atoms with E-state index < -0.39 is 0 Å². The highest BCUT2D eigenvalue weighted by molar-refractivity contribution is 5.27. The van der Waals surface area contributed by atoms with E-state index in [0.717, 1.165) is 42.8 Å². The molecule has 0 saturated heterocycles. The molecule has 170 valence electrons. The molecule has 1 heterocycles. The van der Waals surface area contributed by atoms with Gasteiger partial charge in [0.15, 0.2) is 0 Å². The van der Waals surface area contributed by atoms with Crippen LogP contribution in [0, 0.1) is 34.5 Å². The van der Waals surface area contributed by atoms with E-state index in [1.807, 2.05) is 12.1 Å². The number of fused-ring (bicyclic) bond motifs is 5. The van der Waals surface area contributed by atoms with Gasteiger partial charge in [-0.15, -0.1) is 0 Å². The van der Waals surface area contributed by atoms with Gasteiger partial charge in [-0.2, -0.15) is 0 Å². The molecule has 8 atom stereocenters. The lowest BCUT2D eigenvalue weighted by molar-refractivity contribution is -0.0644. The summed E-state index contributed by atoms with van der Waals surface area (Å²) in [5.74, 6) is 3.57. The van der Waals surface area contributed by atoms with Gasteiger partial charge in [-0.25, -0.2) is 0 Å². The minimum atomic E-state index is -0.130. The summed E-state index contributed by atoms with van der Waals surface area (Å²) in [4.78, 5) is 4.28. The number of aromatic nitrogens is 1. The van der Waals surface area contributed by atoms with Gasteiger partial charge in [0.25, 0.3) is 0 Å². The van der Waals surface area contributed by atoms with Crippen molar-refractivity contribution in [1.82, 2.24) is 4.98 Å². The molecule has 3 saturated carbocycles. The third-order valence-electron chi connectivity index (χ3n) is 10.0. The number of pyridine rings is 1. The van der Waals surface area contributed by atoms with Crippen LogP contribution in [0.1, 0.15) is 77.8 Å². The van der Waals surface area contributed by atoms with E-state index in [-0.39, 0.29) is 18.8 Å². The van der Waals surface area contributed by atoms with Crippen LogP contribution in [0.15, 0.2) is 30.0 Å². The van der Waals surface area contributed by atoms with Crippen molar-refractivity contribution in [2.24, 2.45) is 34.5 Å². The summed E-state index contributed by atoms with van der Waals surface area (Å²) in [5, 5.41) is 19.9. The highest BCUT2D eigenvalue weighted by Crippen LogP contribution is 2.66. The molecule has 1 aromatic heterocycles. The zero-order valence-corrected chi connectivity index (χ0v) is 19.4. The van der Waals surface area contributed by atoms with Crippen molar-refractivity contribution in [2.75, 3.05) is 0 Å². The molecule has 0 bridgehead atoms. The summed E-state index contributed by atoms with van der Waals surface area (Å²) >= 11 is 0. The first-order chi connectivity index (χ1) is 14.9. The Kier molecular flexibility index (Phi) is 5.45. The first-order valence-corrected chi connectivity index (χ1v) is 12.5. The van der Waals surface area contributed by atoms with E-state index in [4.69, 9.17) is 4.74 Å². The topological polar surface area (TPSA) is 62.6 Å². The maximum absolute atomic E-state index is 10.2. The fourth-order valence-electron chi connectivity index (χ4n) is 8.39. The minimum Gasteiger partial charge on any atom is -0.488 e. The van der Waals surface area contributed by atoms with E-state index >= 15 is 0 Å². The Balaban J connectivity index is 1.36. The highest BCUT2D eigenvalue weighted by atomic mass is 16.5. The molecule has 2 N–H and O–H groups in total. The molecule has 0 aromatic carbocycles. The van der Waals surface area contributed by atoms with Crippen LogP contribution in [0.2, 0.25) is 0 Å². The number of ether oxygens (including phenoxy) is 1. The molecule has 0 aliphatic heterocycles. The van der Waals surface area contributed by atoms with Crippen LogP contribution >= 0.6 is 0 Å². The van der Waals surface area contributed by atoms with Crippen molar-refractivity contribution >= 4 is 0 Å². The predicted octanol–water partition coefficient (Wildman–Crippen LogP) is 5.28. The predicted molar refractivity (Wildman–Crippen MR) is 121 cm³/mol. The van der Waals surface area contributed by atoms with Crippen molar-refractivity contribution in [2.45, 2.75) is 91.0 Å². The molecular weight excluding hydrogens is 386 g/mol. The zero-order chi connectivity index (χ0) is 21.8. The average molecular weight is 426 g/mol. The van der Waals surface area contributed by atoms with Crippen LogP contribution in [0.25, 0.3) is 0 Å². The Hall–Kier alpha value is -1.39. The number of nitrogens with zero attached hydrogens (tertiary/aromatic N) is 1. The number of allylic oxidation sites excluding steroid dienone is 1. The van der Waals surface area contributed by atoms with Crippen molar-refractivity contribution in [3.8, 4) is 5.75 Å². The second kappa shape index (κ2) is 7.88. The Labute approximate surface area is 187 Å². The molecule has 4 nitrogen and oxygen atoms in total. The number of hydrogen-bond acceptors (Lipinski definition) is 4. The van der Waals surface area contributed by atoms with Crippen LogP contribution in [0.3, 0.4) is 0 Å². The summed E-state index contributed by atoms with van der Waals surface area (Å²) in [5.41, 5.74) is 2.80. The highest BCUT2D eigenvalue weighted by Gasteiger charge is 2.59. The smallest absolute Gasteiger partial charge is 0.143 e. The molecule has 1 aromatic rings. The number of aliphatic hydroxyl groups excluding tert-OH is 2. The Morgan fingerprint density at radius 2 is 2.00 bits per heavy atom. The summed E-state index contributed by atoms with van der Waals surface area (Å²) in [7, 11) is 0. The molecule has 4 heteroatoms. The molecule has 31 heavy (non-hydrogen) atoms. The average Bonchev–Trinajstić information content (AvgIpc) is 3.12. The van der Waals surface area contributed by atoms with Gasteiger partial charge in [0.1, 0.15) is 11.4 Å². The van der Waals surface area contributed by atoms with Crippen LogP contribution in [0.4, 0.5) is 0 Å². The Morgan fingerprint density at radius 1 is 1.16 bits per heavy atom. The van der Waals surface area contributed by atoms with Gasteiger partial charge < -0.3 is 14.9 Å². The lowest BCUT2D eigenvalue weighted by atomic mass is 9.47. The molecule has 0 radical (unpaired) electrons. The van der Waals surface area contributed by atoms with E-state index in [0.29, 0.717) is 22.4 Å².